The summed E-state index contributed by atoms with van der Waals surface area (Å²) in [7, 11) is 0. The van der Waals surface area contributed by atoms with E-state index in [1.807, 2.05) is 12.3 Å². The Labute approximate surface area is 90.3 Å². The molecule has 2 rings (SSSR count). The Morgan fingerprint density at radius 1 is 1.20 bits per heavy atom. The summed E-state index contributed by atoms with van der Waals surface area (Å²) < 4.78 is 0. The van der Waals surface area contributed by atoms with Crippen LogP contribution in [0, 0.1) is 0 Å². The van der Waals surface area contributed by atoms with Crippen molar-refractivity contribution in [2.24, 2.45) is 0 Å². The molecule has 0 unspecified atom stereocenters. The summed E-state index contributed by atoms with van der Waals surface area (Å²) >= 11 is 0. The molecule has 2 nitrogen and oxygen atoms in total. The number of hydrogen-bond donors (Lipinski definition) is 2. The van der Waals surface area contributed by atoms with Crippen LogP contribution in [0.5, 0.6) is 0 Å². The van der Waals surface area contributed by atoms with Gasteiger partial charge in [-0.15, -0.1) is 0 Å². The fourth-order valence-corrected chi connectivity index (χ4v) is 1.63. The number of benzene rings is 1. The topological polar surface area (TPSA) is 27.8 Å². The van der Waals surface area contributed by atoms with Gasteiger partial charge in [0.1, 0.15) is 0 Å². The third kappa shape index (κ3) is 2.48. The van der Waals surface area contributed by atoms with Gasteiger partial charge in [0.25, 0.3) is 0 Å². The Morgan fingerprint density at radius 3 is 2.87 bits per heavy atom. The second-order valence-corrected chi connectivity index (χ2v) is 3.56. The molecule has 1 heterocycles. The number of nitrogens with one attached hydrogen (secondary N) is 2. The van der Waals surface area contributed by atoms with Crippen LogP contribution >= 0.6 is 0 Å². The summed E-state index contributed by atoms with van der Waals surface area (Å²) in [5.41, 5.74) is 3.74. The quantitative estimate of drug-likeness (QED) is 0.780. The third-order valence-electron chi connectivity index (χ3n) is 2.42. The maximum absolute atomic E-state index is 3.33. The van der Waals surface area contributed by atoms with Gasteiger partial charge < -0.3 is 10.3 Å². The summed E-state index contributed by atoms with van der Waals surface area (Å²) in [4.78, 5) is 3.22. The molecule has 2 aromatic rings. The Bertz CT molecular complexity index is 404. The van der Waals surface area contributed by atoms with Crippen LogP contribution in [-0.2, 0) is 6.54 Å². The zero-order valence-electron chi connectivity index (χ0n) is 8.96. The van der Waals surface area contributed by atoms with Gasteiger partial charge in [0.15, 0.2) is 0 Å². The molecular formula is C13H16N2. The van der Waals surface area contributed by atoms with E-state index in [1.54, 1.807) is 0 Å². The number of H-pyrrole nitrogens is 1. The van der Waals surface area contributed by atoms with E-state index < -0.39 is 0 Å². The van der Waals surface area contributed by atoms with Crippen molar-refractivity contribution in [3.05, 3.63) is 48.2 Å². The van der Waals surface area contributed by atoms with Crippen LogP contribution < -0.4 is 5.32 Å². The fraction of sp³-hybridized carbons (Fsp3) is 0.231. The molecule has 0 amide bonds. The predicted molar refractivity (Wildman–Crippen MR) is 63.6 cm³/mol. The highest BCUT2D eigenvalue weighted by atomic mass is 14.8. The van der Waals surface area contributed by atoms with Crippen LogP contribution in [0.15, 0.2) is 42.6 Å². The number of aromatic nitrogens is 1. The Balaban J connectivity index is 2.19. The number of rotatable bonds is 4. The van der Waals surface area contributed by atoms with Crippen LogP contribution in [0.3, 0.4) is 0 Å². The Kier molecular flexibility index (Phi) is 3.20. The van der Waals surface area contributed by atoms with E-state index in [9.17, 15) is 0 Å². The molecule has 0 aliphatic carbocycles. The molecule has 1 aromatic carbocycles. The van der Waals surface area contributed by atoms with Crippen molar-refractivity contribution < 1.29 is 0 Å². The molecule has 2 N–H and O–H groups in total. The molecule has 0 fully saturated rings. The van der Waals surface area contributed by atoms with E-state index in [0.717, 1.165) is 13.1 Å². The van der Waals surface area contributed by atoms with E-state index in [0.29, 0.717) is 0 Å². The summed E-state index contributed by atoms with van der Waals surface area (Å²) in [6.45, 7) is 4.06. The zero-order chi connectivity index (χ0) is 10.5. The molecule has 0 radical (unpaired) electrons. The zero-order valence-corrected chi connectivity index (χ0v) is 8.96. The van der Waals surface area contributed by atoms with Crippen molar-refractivity contribution >= 4 is 0 Å². The summed E-state index contributed by atoms with van der Waals surface area (Å²) in [6, 6.07) is 12.7. The smallest absolute Gasteiger partial charge is 0.0453 e. The molecule has 0 aliphatic rings. The molecule has 0 aliphatic heterocycles. The van der Waals surface area contributed by atoms with Gasteiger partial charge in [0, 0.05) is 18.4 Å². The number of hydrogen-bond acceptors (Lipinski definition) is 1. The van der Waals surface area contributed by atoms with Crippen molar-refractivity contribution in [1.29, 1.82) is 0 Å². The van der Waals surface area contributed by atoms with E-state index in [2.05, 4.69) is 47.6 Å². The summed E-state index contributed by atoms with van der Waals surface area (Å²) in [6.07, 6.45) is 1.95. The lowest BCUT2D eigenvalue weighted by Gasteiger charge is -2.04. The van der Waals surface area contributed by atoms with Crippen molar-refractivity contribution in [3.63, 3.8) is 0 Å². The van der Waals surface area contributed by atoms with Crippen molar-refractivity contribution in [2.75, 3.05) is 6.54 Å². The first kappa shape index (κ1) is 9.99. The Hall–Kier alpha value is -1.54. The van der Waals surface area contributed by atoms with Crippen molar-refractivity contribution in [3.8, 4) is 11.3 Å². The molecule has 0 atom stereocenters. The SMILES string of the molecule is CCNCc1cccc(-c2ccc[nH]2)c1. The van der Waals surface area contributed by atoms with E-state index >= 15 is 0 Å². The van der Waals surface area contributed by atoms with Crippen LogP contribution in [0.2, 0.25) is 0 Å². The van der Waals surface area contributed by atoms with Crippen molar-refractivity contribution in [1.82, 2.24) is 10.3 Å². The van der Waals surface area contributed by atoms with E-state index in [4.69, 9.17) is 0 Å². The normalized spacial score (nSPS) is 10.5. The molecule has 78 valence electrons. The lowest BCUT2D eigenvalue weighted by atomic mass is 10.1. The van der Waals surface area contributed by atoms with Crippen LogP contribution in [0.4, 0.5) is 0 Å². The first-order valence-corrected chi connectivity index (χ1v) is 5.33. The maximum atomic E-state index is 3.33. The first-order chi connectivity index (χ1) is 7.40. The second-order valence-electron chi connectivity index (χ2n) is 3.56. The molecule has 1 aromatic heterocycles. The third-order valence-corrected chi connectivity index (χ3v) is 2.42. The minimum Gasteiger partial charge on any atom is -0.361 e. The monoisotopic (exact) mass is 200 g/mol. The first-order valence-electron chi connectivity index (χ1n) is 5.33. The van der Waals surface area contributed by atoms with E-state index in [-0.39, 0.29) is 0 Å². The van der Waals surface area contributed by atoms with Gasteiger partial charge in [-0.05, 0) is 35.9 Å². The second kappa shape index (κ2) is 4.80. The lowest BCUT2D eigenvalue weighted by molar-refractivity contribution is 0.727. The molecule has 0 spiro atoms. The molecule has 2 heteroatoms. The molecule has 0 bridgehead atoms. The average Bonchev–Trinajstić information content (AvgIpc) is 2.80. The van der Waals surface area contributed by atoms with E-state index in [1.165, 1.54) is 16.8 Å². The van der Waals surface area contributed by atoms with Gasteiger partial charge in [-0.1, -0.05) is 25.1 Å². The van der Waals surface area contributed by atoms with Crippen LogP contribution in [0.1, 0.15) is 12.5 Å². The minimum atomic E-state index is 0.936. The minimum absolute atomic E-state index is 0.936. The van der Waals surface area contributed by atoms with Gasteiger partial charge in [0.05, 0.1) is 0 Å². The van der Waals surface area contributed by atoms with Gasteiger partial charge in [-0.2, -0.15) is 0 Å². The number of aromatic amines is 1. The summed E-state index contributed by atoms with van der Waals surface area (Å²) in [5.74, 6) is 0. The molecule has 15 heavy (non-hydrogen) atoms. The molecule has 0 saturated carbocycles. The van der Waals surface area contributed by atoms with Gasteiger partial charge in [-0.3, -0.25) is 0 Å². The maximum Gasteiger partial charge on any atom is 0.0453 e. The largest absolute Gasteiger partial charge is 0.361 e. The fourth-order valence-electron chi connectivity index (χ4n) is 1.63. The summed E-state index contributed by atoms with van der Waals surface area (Å²) in [5, 5.41) is 3.33. The van der Waals surface area contributed by atoms with Gasteiger partial charge in [0.2, 0.25) is 0 Å². The van der Waals surface area contributed by atoms with Crippen LogP contribution in [0.25, 0.3) is 11.3 Å². The Morgan fingerprint density at radius 2 is 2.13 bits per heavy atom. The van der Waals surface area contributed by atoms with Crippen molar-refractivity contribution in [2.45, 2.75) is 13.5 Å². The molecule has 0 saturated heterocycles. The van der Waals surface area contributed by atoms with Gasteiger partial charge in [-0.25, -0.2) is 0 Å². The highest BCUT2D eigenvalue weighted by Crippen LogP contribution is 2.17. The average molecular weight is 200 g/mol. The molecular weight excluding hydrogens is 184 g/mol. The predicted octanol–water partition coefficient (Wildman–Crippen LogP) is 2.79. The highest BCUT2D eigenvalue weighted by Gasteiger charge is 1.98. The van der Waals surface area contributed by atoms with Gasteiger partial charge >= 0.3 is 0 Å². The highest BCUT2D eigenvalue weighted by molar-refractivity contribution is 5.60. The van der Waals surface area contributed by atoms with Crippen LogP contribution in [-0.4, -0.2) is 11.5 Å². The standard InChI is InChI=1S/C13H16N2/c1-2-14-10-11-5-3-6-12(9-11)13-7-4-8-15-13/h3-9,14-15H,2,10H2,1H3. The lowest BCUT2D eigenvalue weighted by Crippen LogP contribution is -2.11.